The summed E-state index contributed by atoms with van der Waals surface area (Å²) in [6.45, 7) is 5.52. The standard InChI is InChI=1S/C21H17BrN2O3S/c1-3-4-14-10-13(5-8-18(14)25)11-16-19(26)23-21(28)24(20(16)27)17-7-6-15(22)9-12(17)2/h3,5-11,25H,1,4H2,2H3,(H,23,26,28)/b16-11+. The summed E-state index contributed by atoms with van der Waals surface area (Å²) in [6.07, 6.45) is 3.63. The molecule has 1 aliphatic rings. The van der Waals surface area contributed by atoms with Crippen LogP contribution in [0.15, 0.2) is 59.1 Å². The Bertz CT molecular complexity index is 1050. The largest absolute Gasteiger partial charge is 0.508 e. The summed E-state index contributed by atoms with van der Waals surface area (Å²) >= 11 is 8.63. The van der Waals surface area contributed by atoms with Gasteiger partial charge in [0.1, 0.15) is 11.3 Å². The van der Waals surface area contributed by atoms with Crippen LogP contribution in [-0.2, 0) is 16.0 Å². The number of anilines is 1. The van der Waals surface area contributed by atoms with Gasteiger partial charge in [-0.05, 0) is 78.7 Å². The van der Waals surface area contributed by atoms with E-state index in [1.165, 1.54) is 17.0 Å². The van der Waals surface area contributed by atoms with Gasteiger partial charge >= 0.3 is 0 Å². The van der Waals surface area contributed by atoms with Gasteiger partial charge in [-0.25, -0.2) is 0 Å². The minimum Gasteiger partial charge on any atom is -0.508 e. The van der Waals surface area contributed by atoms with Crippen LogP contribution in [0.3, 0.4) is 0 Å². The van der Waals surface area contributed by atoms with Crippen molar-refractivity contribution in [2.75, 3.05) is 4.90 Å². The number of carbonyl (C=O) groups excluding carboxylic acids is 2. The predicted octanol–water partition coefficient (Wildman–Crippen LogP) is 4.02. The van der Waals surface area contributed by atoms with Gasteiger partial charge in [0.2, 0.25) is 0 Å². The zero-order valence-electron chi connectivity index (χ0n) is 15.0. The van der Waals surface area contributed by atoms with Gasteiger partial charge in [-0.15, -0.1) is 6.58 Å². The number of hydrogen-bond donors (Lipinski definition) is 2. The number of halogens is 1. The van der Waals surface area contributed by atoms with E-state index in [-0.39, 0.29) is 16.4 Å². The number of amides is 2. The quantitative estimate of drug-likeness (QED) is 0.315. The number of carbonyl (C=O) groups is 2. The first-order chi connectivity index (χ1) is 13.3. The zero-order valence-corrected chi connectivity index (χ0v) is 17.4. The van der Waals surface area contributed by atoms with E-state index in [0.29, 0.717) is 23.2 Å². The number of phenolic OH excluding ortho intramolecular Hbond substituents is 1. The van der Waals surface area contributed by atoms with E-state index < -0.39 is 11.8 Å². The van der Waals surface area contributed by atoms with Crippen molar-refractivity contribution in [3.63, 3.8) is 0 Å². The van der Waals surface area contributed by atoms with Crippen LogP contribution in [0.1, 0.15) is 16.7 Å². The van der Waals surface area contributed by atoms with Gasteiger partial charge in [0.05, 0.1) is 5.69 Å². The number of benzene rings is 2. The molecule has 2 N–H and O–H groups in total. The normalized spacial score (nSPS) is 15.7. The van der Waals surface area contributed by atoms with Crippen molar-refractivity contribution in [3.05, 3.63) is 75.8 Å². The second kappa shape index (κ2) is 8.08. The molecule has 1 saturated heterocycles. The lowest BCUT2D eigenvalue weighted by Gasteiger charge is -2.30. The minimum absolute atomic E-state index is 0.0360. The average Bonchev–Trinajstić information content (AvgIpc) is 2.63. The predicted molar refractivity (Wildman–Crippen MR) is 117 cm³/mol. The molecular formula is C21H17BrN2O3S. The number of hydrogen-bond acceptors (Lipinski definition) is 4. The van der Waals surface area contributed by atoms with Crippen molar-refractivity contribution in [2.24, 2.45) is 0 Å². The number of nitrogens with one attached hydrogen (secondary N) is 1. The Morgan fingerprint density at radius 2 is 2.00 bits per heavy atom. The first-order valence-corrected chi connectivity index (χ1v) is 9.62. The molecule has 2 amide bonds. The molecule has 0 atom stereocenters. The summed E-state index contributed by atoms with van der Waals surface area (Å²) in [5.41, 5.74) is 2.67. The van der Waals surface area contributed by atoms with Gasteiger partial charge in [-0.1, -0.05) is 28.1 Å². The molecule has 5 nitrogen and oxygen atoms in total. The molecule has 28 heavy (non-hydrogen) atoms. The highest BCUT2D eigenvalue weighted by atomic mass is 79.9. The highest BCUT2D eigenvalue weighted by Crippen LogP contribution is 2.28. The maximum atomic E-state index is 13.1. The van der Waals surface area contributed by atoms with Crippen molar-refractivity contribution >= 4 is 56.8 Å². The number of aryl methyl sites for hydroxylation is 1. The molecule has 142 valence electrons. The lowest BCUT2D eigenvalue weighted by Crippen LogP contribution is -2.54. The molecule has 1 fully saturated rings. The topological polar surface area (TPSA) is 69.6 Å². The van der Waals surface area contributed by atoms with Crippen LogP contribution in [-0.4, -0.2) is 22.0 Å². The fourth-order valence-corrected chi connectivity index (χ4v) is 3.68. The van der Waals surface area contributed by atoms with Crippen molar-refractivity contribution in [2.45, 2.75) is 13.3 Å². The van der Waals surface area contributed by atoms with E-state index in [9.17, 15) is 14.7 Å². The van der Waals surface area contributed by atoms with Crippen LogP contribution < -0.4 is 10.2 Å². The molecule has 2 aromatic carbocycles. The number of phenols is 1. The second-order valence-electron chi connectivity index (χ2n) is 6.27. The summed E-state index contributed by atoms with van der Waals surface area (Å²) in [6, 6.07) is 10.3. The molecule has 1 aliphatic heterocycles. The minimum atomic E-state index is -0.556. The zero-order chi connectivity index (χ0) is 20.4. The third-order valence-corrected chi connectivity index (χ3v) is 5.06. The average molecular weight is 457 g/mol. The molecule has 0 aliphatic carbocycles. The van der Waals surface area contributed by atoms with Crippen LogP contribution in [0.4, 0.5) is 5.69 Å². The van der Waals surface area contributed by atoms with E-state index in [1.54, 1.807) is 30.3 Å². The van der Waals surface area contributed by atoms with Gasteiger partial charge < -0.3 is 5.11 Å². The lowest BCUT2D eigenvalue weighted by atomic mass is 10.0. The van der Waals surface area contributed by atoms with E-state index in [0.717, 1.165) is 10.0 Å². The molecule has 3 rings (SSSR count). The molecule has 0 bridgehead atoms. The fourth-order valence-electron chi connectivity index (χ4n) is 2.93. The van der Waals surface area contributed by atoms with Crippen LogP contribution in [0.2, 0.25) is 0 Å². The van der Waals surface area contributed by atoms with Gasteiger partial charge in [0.15, 0.2) is 5.11 Å². The fraction of sp³-hybridized carbons (Fsp3) is 0.0952. The van der Waals surface area contributed by atoms with Crippen LogP contribution in [0.25, 0.3) is 6.08 Å². The Hall–Kier alpha value is -2.77. The first kappa shape index (κ1) is 20.0. The molecule has 0 unspecified atom stereocenters. The molecule has 1 heterocycles. The highest BCUT2D eigenvalue weighted by molar-refractivity contribution is 9.10. The number of rotatable bonds is 4. The summed E-state index contributed by atoms with van der Waals surface area (Å²) in [5, 5.41) is 12.5. The van der Waals surface area contributed by atoms with Crippen LogP contribution in [0, 0.1) is 6.92 Å². The Morgan fingerprint density at radius 1 is 1.25 bits per heavy atom. The SMILES string of the molecule is C=CCc1cc(/C=C2\C(=O)NC(=S)N(c3ccc(Br)cc3C)C2=O)ccc1O. The summed E-state index contributed by atoms with van der Waals surface area (Å²) in [7, 11) is 0. The van der Waals surface area contributed by atoms with Crippen molar-refractivity contribution in [3.8, 4) is 5.75 Å². The lowest BCUT2D eigenvalue weighted by molar-refractivity contribution is -0.122. The molecule has 7 heteroatoms. The van der Waals surface area contributed by atoms with Crippen LogP contribution >= 0.6 is 28.1 Å². The van der Waals surface area contributed by atoms with Gasteiger partial charge in [0.25, 0.3) is 11.8 Å². The number of nitrogens with zero attached hydrogens (tertiary/aromatic N) is 1. The maximum Gasteiger partial charge on any atom is 0.270 e. The molecule has 0 spiro atoms. The van der Waals surface area contributed by atoms with Crippen molar-refractivity contribution in [1.29, 1.82) is 0 Å². The Labute approximate surface area is 176 Å². The summed E-state index contributed by atoms with van der Waals surface area (Å²) in [4.78, 5) is 26.8. The Balaban J connectivity index is 2.04. The summed E-state index contributed by atoms with van der Waals surface area (Å²) < 4.78 is 0.878. The smallest absolute Gasteiger partial charge is 0.270 e. The van der Waals surface area contributed by atoms with E-state index in [2.05, 4.69) is 27.8 Å². The molecule has 0 saturated carbocycles. The number of allylic oxidation sites excluding steroid dienone is 1. The molecule has 0 radical (unpaired) electrons. The molecular weight excluding hydrogens is 440 g/mol. The first-order valence-electron chi connectivity index (χ1n) is 8.42. The third kappa shape index (κ3) is 3.90. The Morgan fingerprint density at radius 3 is 2.68 bits per heavy atom. The van der Waals surface area contributed by atoms with E-state index in [4.69, 9.17) is 12.2 Å². The molecule has 0 aromatic heterocycles. The van der Waals surface area contributed by atoms with Gasteiger partial charge in [-0.3, -0.25) is 19.8 Å². The van der Waals surface area contributed by atoms with Crippen molar-refractivity contribution in [1.82, 2.24) is 5.32 Å². The third-order valence-electron chi connectivity index (χ3n) is 4.28. The molecule has 2 aromatic rings. The maximum absolute atomic E-state index is 13.1. The van der Waals surface area contributed by atoms with E-state index in [1.807, 2.05) is 13.0 Å². The van der Waals surface area contributed by atoms with Gasteiger partial charge in [-0.2, -0.15) is 0 Å². The van der Waals surface area contributed by atoms with E-state index >= 15 is 0 Å². The van der Waals surface area contributed by atoms with Crippen molar-refractivity contribution < 1.29 is 14.7 Å². The summed E-state index contributed by atoms with van der Waals surface area (Å²) in [5.74, 6) is -0.924. The highest BCUT2D eigenvalue weighted by Gasteiger charge is 2.35. The monoisotopic (exact) mass is 456 g/mol. The Kier molecular flexibility index (Phi) is 5.76. The van der Waals surface area contributed by atoms with Gasteiger partial charge in [0, 0.05) is 4.47 Å². The number of aromatic hydroxyl groups is 1. The van der Waals surface area contributed by atoms with Crippen LogP contribution in [0.5, 0.6) is 5.75 Å². The second-order valence-corrected chi connectivity index (χ2v) is 7.57. The number of thiocarbonyl (C=S) groups is 1.